The Kier molecular flexibility index (Phi) is 2.34. The maximum atomic E-state index is 6.09. The molecule has 0 amide bonds. The number of rotatable bonds is 1. The number of hydrogen-bond donors (Lipinski definition) is 1. The zero-order valence-corrected chi connectivity index (χ0v) is 9.99. The summed E-state index contributed by atoms with van der Waals surface area (Å²) in [6.45, 7) is 1.96. The van der Waals surface area contributed by atoms with E-state index in [1.54, 1.807) is 6.20 Å². The monoisotopic (exact) mass is 243 g/mol. The molecule has 84 valence electrons. The van der Waals surface area contributed by atoms with Gasteiger partial charge in [-0.3, -0.25) is 4.98 Å². The molecule has 0 aliphatic rings. The molecule has 0 aliphatic heterocycles. The number of H-pyrrole nitrogens is 1. The van der Waals surface area contributed by atoms with E-state index in [-0.39, 0.29) is 0 Å². The molecule has 0 aliphatic carbocycles. The smallest absolute Gasteiger partial charge is 0.138 e. The van der Waals surface area contributed by atoms with Crippen LogP contribution in [0.25, 0.3) is 22.4 Å². The van der Waals surface area contributed by atoms with Gasteiger partial charge in [0, 0.05) is 17.5 Å². The van der Waals surface area contributed by atoms with E-state index in [9.17, 15) is 0 Å². The first kappa shape index (κ1) is 10.3. The third kappa shape index (κ3) is 1.78. The molecule has 3 nitrogen and oxygen atoms in total. The van der Waals surface area contributed by atoms with E-state index in [1.807, 2.05) is 37.3 Å². The van der Waals surface area contributed by atoms with Gasteiger partial charge in [-0.15, -0.1) is 0 Å². The number of benzene rings is 1. The summed E-state index contributed by atoms with van der Waals surface area (Å²) in [5.74, 6) is 0.818. The van der Waals surface area contributed by atoms with Crippen molar-refractivity contribution in [3.63, 3.8) is 0 Å². The highest BCUT2D eigenvalue weighted by atomic mass is 35.5. The fourth-order valence-corrected chi connectivity index (χ4v) is 2.04. The van der Waals surface area contributed by atoms with Crippen molar-refractivity contribution >= 4 is 22.6 Å². The standard InChI is InChI=1S/C13H10ClN3/c1-8-7-9(5-6-15-8)13-16-11-4-2-3-10(14)12(11)17-13/h2-7H,1H3,(H,16,17). The summed E-state index contributed by atoms with van der Waals surface area (Å²) in [5, 5.41) is 0.663. The predicted molar refractivity (Wildman–Crippen MR) is 69.1 cm³/mol. The van der Waals surface area contributed by atoms with Crippen molar-refractivity contribution in [3.8, 4) is 11.4 Å². The van der Waals surface area contributed by atoms with Gasteiger partial charge in [-0.25, -0.2) is 4.98 Å². The molecule has 0 radical (unpaired) electrons. The van der Waals surface area contributed by atoms with Crippen molar-refractivity contribution in [2.45, 2.75) is 6.92 Å². The minimum Gasteiger partial charge on any atom is -0.338 e. The number of imidazole rings is 1. The molecule has 17 heavy (non-hydrogen) atoms. The Morgan fingerprint density at radius 2 is 2.12 bits per heavy atom. The van der Waals surface area contributed by atoms with Crippen LogP contribution >= 0.6 is 11.6 Å². The fraction of sp³-hybridized carbons (Fsp3) is 0.0769. The van der Waals surface area contributed by atoms with Crippen LogP contribution in [0.3, 0.4) is 0 Å². The zero-order chi connectivity index (χ0) is 11.8. The second-order valence-electron chi connectivity index (χ2n) is 3.91. The molecule has 0 saturated carbocycles. The molecule has 0 bridgehead atoms. The van der Waals surface area contributed by atoms with Gasteiger partial charge in [-0.2, -0.15) is 0 Å². The molecule has 3 aromatic rings. The molecule has 1 aromatic carbocycles. The van der Waals surface area contributed by atoms with Crippen molar-refractivity contribution in [3.05, 3.63) is 47.2 Å². The van der Waals surface area contributed by atoms with E-state index in [2.05, 4.69) is 15.0 Å². The van der Waals surface area contributed by atoms with Gasteiger partial charge in [0.05, 0.1) is 10.5 Å². The van der Waals surface area contributed by atoms with Gasteiger partial charge in [0.2, 0.25) is 0 Å². The van der Waals surface area contributed by atoms with Crippen LogP contribution in [0.2, 0.25) is 5.02 Å². The number of nitrogens with one attached hydrogen (secondary N) is 1. The van der Waals surface area contributed by atoms with Crippen molar-refractivity contribution in [1.82, 2.24) is 15.0 Å². The Morgan fingerprint density at radius 3 is 2.88 bits per heavy atom. The lowest BCUT2D eigenvalue weighted by Crippen LogP contribution is -1.84. The first-order chi connectivity index (χ1) is 8.24. The van der Waals surface area contributed by atoms with Crippen LogP contribution in [-0.4, -0.2) is 15.0 Å². The number of hydrogen-bond acceptors (Lipinski definition) is 2. The molecule has 0 saturated heterocycles. The minimum atomic E-state index is 0.663. The molecule has 0 unspecified atom stereocenters. The van der Waals surface area contributed by atoms with Gasteiger partial charge >= 0.3 is 0 Å². The highest BCUT2D eigenvalue weighted by Crippen LogP contribution is 2.25. The average Bonchev–Trinajstić information content (AvgIpc) is 2.74. The Morgan fingerprint density at radius 1 is 1.24 bits per heavy atom. The summed E-state index contributed by atoms with van der Waals surface area (Å²) in [7, 11) is 0. The van der Waals surface area contributed by atoms with E-state index < -0.39 is 0 Å². The summed E-state index contributed by atoms with van der Waals surface area (Å²) in [4.78, 5) is 11.9. The molecular formula is C13H10ClN3. The Balaban J connectivity index is 2.22. The largest absolute Gasteiger partial charge is 0.338 e. The van der Waals surface area contributed by atoms with E-state index >= 15 is 0 Å². The number of aromatic amines is 1. The molecule has 3 rings (SSSR count). The number of aryl methyl sites for hydroxylation is 1. The van der Waals surface area contributed by atoms with Gasteiger partial charge in [-0.05, 0) is 31.2 Å². The zero-order valence-electron chi connectivity index (χ0n) is 9.24. The van der Waals surface area contributed by atoms with Gasteiger partial charge < -0.3 is 4.98 Å². The summed E-state index contributed by atoms with van der Waals surface area (Å²) in [5.41, 5.74) is 3.74. The van der Waals surface area contributed by atoms with E-state index in [1.165, 1.54) is 0 Å². The topological polar surface area (TPSA) is 41.6 Å². The Bertz CT molecular complexity index is 688. The van der Waals surface area contributed by atoms with E-state index in [4.69, 9.17) is 11.6 Å². The molecular weight excluding hydrogens is 234 g/mol. The highest BCUT2D eigenvalue weighted by molar-refractivity contribution is 6.34. The van der Waals surface area contributed by atoms with Gasteiger partial charge in [0.15, 0.2) is 0 Å². The van der Waals surface area contributed by atoms with Crippen LogP contribution in [0.4, 0.5) is 0 Å². The first-order valence-electron chi connectivity index (χ1n) is 5.31. The lowest BCUT2D eigenvalue weighted by Gasteiger charge is -1.96. The SMILES string of the molecule is Cc1cc(-c2nc3c(Cl)cccc3[nH]2)ccn1. The van der Waals surface area contributed by atoms with E-state index in [0.29, 0.717) is 5.02 Å². The van der Waals surface area contributed by atoms with Crippen molar-refractivity contribution < 1.29 is 0 Å². The molecule has 4 heteroatoms. The third-order valence-electron chi connectivity index (χ3n) is 2.63. The Labute approximate surface area is 103 Å². The number of aromatic nitrogens is 3. The number of para-hydroxylation sites is 1. The summed E-state index contributed by atoms with van der Waals surface area (Å²) in [6.07, 6.45) is 1.78. The number of nitrogens with zero attached hydrogens (tertiary/aromatic N) is 2. The lowest BCUT2D eigenvalue weighted by molar-refractivity contribution is 1.19. The average molecular weight is 244 g/mol. The highest BCUT2D eigenvalue weighted by Gasteiger charge is 2.07. The maximum Gasteiger partial charge on any atom is 0.138 e. The lowest BCUT2D eigenvalue weighted by atomic mass is 10.2. The van der Waals surface area contributed by atoms with Crippen LogP contribution in [0.5, 0.6) is 0 Å². The van der Waals surface area contributed by atoms with Gasteiger partial charge in [0.25, 0.3) is 0 Å². The third-order valence-corrected chi connectivity index (χ3v) is 2.94. The Hall–Kier alpha value is -1.87. The summed E-state index contributed by atoms with van der Waals surface area (Å²) < 4.78 is 0. The van der Waals surface area contributed by atoms with Crippen molar-refractivity contribution in [2.75, 3.05) is 0 Å². The second kappa shape index (κ2) is 3.86. The summed E-state index contributed by atoms with van der Waals surface area (Å²) in [6, 6.07) is 9.63. The van der Waals surface area contributed by atoms with Crippen LogP contribution in [0, 0.1) is 6.92 Å². The van der Waals surface area contributed by atoms with Crippen LogP contribution in [0.15, 0.2) is 36.5 Å². The molecule has 0 fully saturated rings. The fourth-order valence-electron chi connectivity index (χ4n) is 1.83. The van der Waals surface area contributed by atoms with Crippen LogP contribution in [-0.2, 0) is 0 Å². The maximum absolute atomic E-state index is 6.09. The van der Waals surface area contributed by atoms with Crippen molar-refractivity contribution in [1.29, 1.82) is 0 Å². The molecule has 2 heterocycles. The summed E-state index contributed by atoms with van der Waals surface area (Å²) >= 11 is 6.09. The number of halogens is 1. The normalized spacial score (nSPS) is 10.9. The predicted octanol–water partition coefficient (Wildman–Crippen LogP) is 3.59. The molecule has 0 atom stereocenters. The number of pyridine rings is 1. The van der Waals surface area contributed by atoms with Crippen molar-refractivity contribution in [2.24, 2.45) is 0 Å². The van der Waals surface area contributed by atoms with Gasteiger partial charge in [-0.1, -0.05) is 17.7 Å². The van der Waals surface area contributed by atoms with E-state index in [0.717, 1.165) is 28.1 Å². The molecule has 0 spiro atoms. The molecule has 2 aromatic heterocycles. The minimum absolute atomic E-state index is 0.663. The van der Waals surface area contributed by atoms with Crippen LogP contribution in [0.1, 0.15) is 5.69 Å². The molecule has 1 N–H and O–H groups in total. The second-order valence-corrected chi connectivity index (χ2v) is 4.31. The quantitative estimate of drug-likeness (QED) is 0.710. The first-order valence-corrected chi connectivity index (χ1v) is 5.69. The number of fused-ring (bicyclic) bond motifs is 1. The van der Waals surface area contributed by atoms with Gasteiger partial charge in [0.1, 0.15) is 11.3 Å². The van der Waals surface area contributed by atoms with Crippen LogP contribution < -0.4 is 0 Å².